The lowest BCUT2D eigenvalue weighted by atomic mass is 10.0. The maximum absolute atomic E-state index is 11.6. The maximum Gasteiger partial charge on any atom is 0.303 e. The SMILES string of the molecule is CC(CC(=O)O)CC(=O)NCC(=O)N1CCCC1. The van der Waals surface area contributed by atoms with Gasteiger partial charge < -0.3 is 15.3 Å². The van der Waals surface area contributed by atoms with Gasteiger partial charge in [0.1, 0.15) is 0 Å². The third-order valence-corrected chi connectivity index (χ3v) is 2.95. The van der Waals surface area contributed by atoms with Crippen LogP contribution in [0.15, 0.2) is 0 Å². The molecule has 1 atom stereocenters. The van der Waals surface area contributed by atoms with Crippen molar-refractivity contribution in [3.8, 4) is 0 Å². The van der Waals surface area contributed by atoms with E-state index in [4.69, 9.17) is 5.11 Å². The van der Waals surface area contributed by atoms with Crippen molar-refractivity contribution in [3.63, 3.8) is 0 Å². The van der Waals surface area contributed by atoms with Crippen molar-refractivity contribution < 1.29 is 19.5 Å². The van der Waals surface area contributed by atoms with Crippen LogP contribution >= 0.6 is 0 Å². The Morgan fingerprint density at radius 3 is 2.39 bits per heavy atom. The number of hydrogen-bond donors (Lipinski definition) is 2. The van der Waals surface area contributed by atoms with Gasteiger partial charge in [-0.2, -0.15) is 0 Å². The van der Waals surface area contributed by atoms with Crippen LogP contribution in [0, 0.1) is 5.92 Å². The minimum absolute atomic E-state index is 0.0125. The highest BCUT2D eigenvalue weighted by Gasteiger charge is 2.19. The largest absolute Gasteiger partial charge is 0.481 e. The zero-order valence-corrected chi connectivity index (χ0v) is 10.6. The fourth-order valence-corrected chi connectivity index (χ4v) is 2.01. The molecule has 1 aliphatic heterocycles. The van der Waals surface area contributed by atoms with Crippen molar-refractivity contribution >= 4 is 17.8 Å². The van der Waals surface area contributed by atoms with E-state index in [0.717, 1.165) is 25.9 Å². The Balaban J connectivity index is 2.19. The summed E-state index contributed by atoms with van der Waals surface area (Å²) in [5.74, 6) is -1.46. The average Bonchev–Trinajstić information content (AvgIpc) is 2.77. The second-order valence-electron chi connectivity index (χ2n) is 4.77. The Morgan fingerprint density at radius 1 is 1.22 bits per heavy atom. The van der Waals surface area contributed by atoms with Gasteiger partial charge in [-0.1, -0.05) is 6.92 Å². The van der Waals surface area contributed by atoms with Crippen molar-refractivity contribution in [2.24, 2.45) is 5.92 Å². The maximum atomic E-state index is 11.6. The Labute approximate surface area is 106 Å². The van der Waals surface area contributed by atoms with Gasteiger partial charge in [-0.05, 0) is 18.8 Å². The molecule has 6 heteroatoms. The lowest BCUT2D eigenvalue weighted by Crippen LogP contribution is -2.39. The second-order valence-corrected chi connectivity index (χ2v) is 4.77. The third kappa shape index (κ3) is 5.16. The monoisotopic (exact) mass is 256 g/mol. The number of carboxylic acid groups (broad SMARTS) is 1. The highest BCUT2D eigenvalue weighted by Crippen LogP contribution is 2.08. The number of nitrogens with one attached hydrogen (secondary N) is 1. The lowest BCUT2D eigenvalue weighted by Gasteiger charge is -2.16. The van der Waals surface area contributed by atoms with Crippen LogP contribution in [0.25, 0.3) is 0 Å². The predicted molar refractivity (Wildman–Crippen MR) is 64.9 cm³/mol. The van der Waals surface area contributed by atoms with E-state index in [1.165, 1.54) is 0 Å². The van der Waals surface area contributed by atoms with Gasteiger partial charge >= 0.3 is 5.97 Å². The predicted octanol–water partition coefficient (Wildman–Crippen LogP) is 0.226. The summed E-state index contributed by atoms with van der Waals surface area (Å²) >= 11 is 0. The first-order chi connectivity index (χ1) is 8.49. The van der Waals surface area contributed by atoms with Gasteiger partial charge in [0, 0.05) is 25.9 Å². The zero-order chi connectivity index (χ0) is 13.5. The van der Waals surface area contributed by atoms with E-state index < -0.39 is 5.97 Å². The summed E-state index contributed by atoms with van der Waals surface area (Å²) in [5, 5.41) is 11.1. The molecule has 0 aromatic heterocycles. The van der Waals surface area contributed by atoms with Gasteiger partial charge in [-0.3, -0.25) is 14.4 Å². The molecule has 2 amide bonds. The van der Waals surface area contributed by atoms with E-state index in [1.807, 2.05) is 0 Å². The first-order valence-electron chi connectivity index (χ1n) is 6.25. The van der Waals surface area contributed by atoms with E-state index in [0.29, 0.717) is 0 Å². The normalized spacial score (nSPS) is 16.4. The van der Waals surface area contributed by atoms with Crippen LogP contribution in [0.4, 0.5) is 0 Å². The first kappa shape index (κ1) is 14.5. The number of hydrogen-bond acceptors (Lipinski definition) is 3. The molecule has 6 nitrogen and oxygen atoms in total. The van der Waals surface area contributed by atoms with Gasteiger partial charge in [-0.25, -0.2) is 0 Å². The van der Waals surface area contributed by atoms with Gasteiger partial charge in [0.15, 0.2) is 0 Å². The standard InChI is InChI=1S/C12H20N2O4/c1-9(7-12(17)18)6-10(15)13-8-11(16)14-4-2-3-5-14/h9H,2-8H2,1H3,(H,13,15)(H,17,18). The Bertz CT molecular complexity index is 324. The van der Waals surface area contributed by atoms with Crippen LogP contribution in [0.3, 0.4) is 0 Å². The number of nitrogens with zero attached hydrogens (tertiary/aromatic N) is 1. The quantitative estimate of drug-likeness (QED) is 0.712. The molecular weight excluding hydrogens is 236 g/mol. The summed E-state index contributed by atoms with van der Waals surface area (Å²) in [6.07, 6.45) is 2.15. The zero-order valence-electron chi connectivity index (χ0n) is 10.6. The number of likely N-dealkylation sites (tertiary alicyclic amines) is 1. The highest BCUT2D eigenvalue weighted by atomic mass is 16.4. The minimum atomic E-state index is -0.913. The molecular formula is C12H20N2O4. The van der Waals surface area contributed by atoms with E-state index in [9.17, 15) is 14.4 Å². The number of carbonyl (C=O) groups is 3. The third-order valence-electron chi connectivity index (χ3n) is 2.95. The van der Waals surface area contributed by atoms with Gasteiger partial charge in [-0.15, -0.1) is 0 Å². The number of aliphatic carboxylic acids is 1. The molecule has 102 valence electrons. The molecule has 0 radical (unpaired) electrons. The fourth-order valence-electron chi connectivity index (χ4n) is 2.01. The number of carbonyl (C=O) groups excluding carboxylic acids is 2. The molecule has 0 saturated carbocycles. The molecule has 0 aromatic carbocycles. The Hall–Kier alpha value is -1.59. The smallest absolute Gasteiger partial charge is 0.303 e. The number of rotatable bonds is 6. The van der Waals surface area contributed by atoms with Crippen molar-refractivity contribution in [2.75, 3.05) is 19.6 Å². The highest BCUT2D eigenvalue weighted by molar-refractivity contribution is 5.85. The van der Waals surface area contributed by atoms with Crippen LogP contribution in [0.2, 0.25) is 0 Å². The van der Waals surface area contributed by atoms with E-state index in [-0.39, 0.29) is 37.1 Å². The van der Waals surface area contributed by atoms with Crippen molar-refractivity contribution in [1.29, 1.82) is 0 Å². The topological polar surface area (TPSA) is 86.7 Å². The summed E-state index contributed by atoms with van der Waals surface area (Å²) < 4.78 is 0. The number of amides is 2. The van der Waals surface area contributed by atoms with E-state index in [1.54, 1.807) is 11.8 Å². The molecule has 18 heavy (non-hydrogen) atoms. The molecule has 0 spiro atoms. The summed E-state index contributed by atoms with van der Waals surface area (Å²) in [6, 6.07) is 0. The van der Waals surface area contributed by atoms with E-state index >= 15 is 0 Å². The molecule has 0 aliphatic carbocycles. The van der Waals surface area contributed by atoms with Crippen LogP contribution in [0.5, 0.6) is 0 Å². The molecule has 1 heterocycles. The van der Waals surface area contributed by atoms with Gasteiger partial charge in [0.2, 0.25) is 11.8 Å². The summed E-state index contributed by atoms with van der Waals surface area (Å²) in [7, 11) is 0. The summed E-state index contributed by atoms with van der Waals surface area (Å²) in [4.78, 5) is 35.3. The molecule has 1 aliphatic rings. The lowest BCUT2D eigenvalue weighted by molar-refractivity contribution is -0.138. The molecule has 1 saturated heterocycles. The summed E-state index contributed by atoms with van der Waals surface area (Å²) in [6.45, 7) is 3.25. The molecule has 2 N–H and O–H groups in total. The molecule has 1 rings (SSSR count). The number of carboxylic acids is 1. The molecule has 1 fully saturated rings. The first-order valence-corrected chi connectivity index (χ1v) is 6.25. The minimum Gasteiger partial charge on any atom is -0.481 e. The molecule has 1 unspecified atom stereocenters. The Morgan fingerprint density at radius 2 is 1.83 bits per heavy atom. The van der Waals surface area contributed by atoms with Crippen molar-refractivity contribution in [1.82, 2.24) is 10.2 Å². The Kier molecular flexibility index (Phi) is 5.61. The van der Waals surface area contributed by atoms with Crippen LogP contribution < -0.4 is 5.32 Å². The van der Waals surface area contributed by atoms with Gasteiger partial charge in [0.25, 0.3) is 0 Å². The van der Waals surface area contributed by atoms with Crippen LogP contribution in [0.1, 0.15) is 32.6 Å². The van der Waals surface area contributed by atoms with Crippen molar-refractivity contribution in [3.05, 3.63) is 0 Å². The van der Waals surface area contributed by atoms with Crippen LogP contribution in [-0.2, 0) is 14.4 Å². The summed E-state index contributed by atoms with van der Waals surface area (Å²) in [5.41, 5.74) is 0. The second kappa shape index (κ2) is 6.98. The molecule has 0 bridgehead atoms. The van der Waals surface area contributed by atoms with Crippen molar-refractivity contribution in [2.45, 2.75) is 32.6 Å². The molecule has 0 aromatic rings. The fraction of sp³-hybridized carbons (Fsp3) is 0.750. The van der Waals surface area contributed by atoms with E-state index in [2.05, 4.69) is 5.32 Å². The van der Waals surface area contributed by atoms with Gasteiger partial charge in [0.05, 0.1) is 6.54 Å². The van der Waals surface area contributed by atoms with Crippen LogP contribution in [-0.4, -0.2) is 47.4 Å². The average molecular weight is 256 g/mol.